The maximum Gasteiger partial charge on any atom is 0.147 e. The van der Waals surface area contributed by atoms with Crippen LogP contribution in [-0.4, -0.2) is 5.75 Å². The second-order valence-corrected chi connectivity index (χ2v) is 3.31. The van der Waals surface area contributed by atoms with Gasteiger partial charge in [-0.1, -0.05) is 12.1 Å². The molecule has 0 fully saturated rings. The van der Waals surface area contributed by atoms with Gasteiger partial charge in [-0.25, -0.2) is 4.39 Å². The van der Waals surface area contributed by atoms with Crippen LogP contribution in [0.1, 0.15) is 0 Å². The molecule has 0 spiro atoms. The number of halogens is 1. The van der Waals surface area contributed by atoms with E-state index >= 15 is 0 Å². The summed E-state index contributed by atoms with van der Waals surface area (Å²) >= 11 is 1.48. The molecule has 0 aromatic heterocycles. The summed E-state index contributed by atoms with van der Waals surface area (Å²) in [5.41, 5.74) is 5.72. The Morgan fingerprint density at radius 2 is 2.33 bits per heavy atom. The molecule has 0 bridgehead atoms. The van der Waals surface area contributed by atoms with E-state index in [4.69, 9.17) is 5.73 Å². The predicted molar refractivity (Wildman–Crippen MR) is 51.7 cm³/mol. The Morgan fingerprint density at radius 1 is 1.58 bits per heavy atom. The van der Waals surface area contributed by atoms with Crippen molar-refractivity contribution in [3.05, 3.63) is 36.7 Å². The fourth-order valence-electron chi connectivity index (χ4n) is 0.792. The van der Waals surface area contributed by atoms with Gasteiger partial charge in [-0.05, 0) is 12.1 Å². The number of hydrogen-bond donors (Lipinski definition) is 1. The van der Waals surface area contributed by atoms with Crippen LogP contribution in [0, 0.1) is 5.82 Å². The van der Waals surface area contributed by atoms with Gasteiger partial charge in [0.1, 0.15) is 5.82 Å². The van der Waals surface area contributed by atoms with Crippen LogP contribution in [0.3, 0.4) is 0 Å². The topological polar surface area (TPSA) is 26.0 Å². The van der Waals surface area contributed by atoms with Crippen molar-refractivity contribution in [3.63, 3.8) is 0 Å². The molecule has 0 saturated carbocycles. The first-order valence-electron chi connectivity index (χ1n) is 3.53. The lowest BCUT2D eigenvalue weighted by atomic mass is 10.3. The third kappa shape index (κ3) is 2.01. The Morgan fingerprint density at radius 3 is 3.00 bits per heavy atom. The van der Waals surface area contributed by atoms with E-state index in [0.717, 1.165) is 10.6 Å². The highest BCUT2D eigenvalue weighted by Crippen LogP contribution is 2.26. The van der Waals surface area contributed by atoms with Crippen molar-refractivity contribution in [3.8, 4) is 0 Å². The lowest BCUT2D eigenvalue weighted by Gasteiger charge is -2.03. The molecule has 1 aromatic carbocycles. The Kier molecular flexibility index (Phi) is 3.17. The first kappa shape index (κ1) is 9.13. The molecule has 0 aliphatic carbocycles. The van der Waals surface area contributed by atoms with Gasteiger partial charge in [0.2, 0.25) is 0 Å². The van der Waals surface area contributed by atoms with E-state index in [2.05, 4.69) is 6.58 Å². The Labute approximate surface area is 75.5 Å². The first-order chi connectivity index (χ1) is 5.75. The second-order valence-electron chi connectivity index (χ2n) is 2.25. The highest BCUT2D eigenvalue weighted by Gasteiger charge is 2.02. The zero-order valence-corrected chi connectivity index (χ0v) is 7.40. The summed E-state index contributed by atoms with van der Waals surface area (Å²) in [4.78, 5) is 0.773. The average Bonchev–Trinajstić information content (AvgIpc) is 2.08. The molecule has 0 aliphatic rings. The van der Waals surface area contributed by atoms with Crippen molar-refractivity contribution in [1.29, 1.82) is 0 Å². The summed E-state index contributed by atoms with van der Waals surface area (Å²) in [7, 11) is 0. The van der Waals surface area contributed by atoms with Gasteiger partial charge < -0.3 is 5.73 Å². The minimum Gasteiger partial charge on any atom is -0.395 e. The molecule has 0 saturated heterocycles. The molecule has 0 atom stereocenters. The van der Waals surface area contributed by atoms with E-state index in [1.54, 1.807) is 18.2 Å². The van der Waals surface area contributed by atoms with E-state index in [-0.39, 0.29) is 11.5 Å². The van der Waals surface area contributed by atoms with Gasteiger partial charge in [0.05, 0.1) is 5.69 Å². The van der Waals surface area contributed by atoms with Crippen LogP contribution in [0.5, 0.6) is 0 Å². The van der Waals surface area contributed by atoms with Crippen LogP contribution in [0.25, 0.3) is 0 Å². The Bertz CT molecular complexity index is 286. The maximum atomic E-state index is 12.8. The number of thioether (sulfide) groups is 1. The molecular formula is C9H10FNS. The number of hydrogen-bond acceptors (Lipinski definition) is 2. The third-order valence-electron chi connectivity index (χ3n) is 1.37. The SMILES string of the molecule is C=CCSc1cccc(F)c1N. The second kappa shape index (κ2) is 4.16. The molecule has 0 radical (unpaired) electrons. The van der Waals surface area contributed by atoms with E-state index in [1.165, 1.54) is 17.8 Å². The van der Waals surface area contributed by atoms with Crippen LogP contribution >= 0.6 is 11.8 Å². The molecule has 1 aromatic rings. The molecule has 0 heterocycles. The first-order valence-corrected chi connectivity index (χ1v) is 4.52. The van der Waals surface area contributed by atoms with Crippen molar-refractivity contribution in [2.45, 2.75) is 4.90 Å². The predicted octanol–water partition coefficient (Wildman–Crippen LogP) is 2.69. The molecule has 3 heteroatoms. The normalized spacial score (nSPS) is 9.75. The van der Waals surface area contributed by atoms with Crippen molar-refractivity contribution < 1.29 is 4.39 Å². The minimum absolute atomic E-state index is 0.226. The lowest BCUT2D eigenvalue weighted by Crippen LogP contribution is -1.92. The van der Waals surface area contributed by atoms with Gasteiger partial charge in [-0.2, -0.15) is 0 Å². The molecule has 0 unspecified atom stereocenters. The van der Waals surface area contributed by atoms with Crippen molar-refractivity contribution in [2.24, 2.45) is 0 Å². The molecule has 2 N–H and O–H groups in total. The van der Waals surface area contributed by atoms with Gasteiger partial charge in [-0.3, -0.25) is 0 Å². The fourth-order valence-corrected chi connectivity index (χ4v) is 1.52. The number of benzene rings is 1. The maximum absolute atomic E-state index is 12.8. The zero-order valence-electron chi connectivity index (χ0n) is 6.59. The minimum atomic E-state index is -0.357. The molecule has 1 nitrogen and oxygen atoms in total. The van der Waals surface area contributed by atoms with Crippen LogP contribution in [0.2, 0.25) is 0 Å². The molecule has 1 rings (SSSR count). The summed E-state index contributed by atoms with van der Waals surface area (Å²) in [5, 5.41) is 0. The number of rotatable bonds is 3. The van der Waals surface area contributed by atoms with E-state index in [9.17, 15) is 4.39 Å². The highest BCUT2D eigenvalue weighted by atomic mass is 32.2. The molecule has 0 amide bonds. The van der Waals surface area contributed by atoms with E-state index < -0.39 is 0 Å². The standard InChI is InChI=1S/C9H10FNS/c1-2-6-12-8-5-3-4-7(10)9(8)11/h2-5H,1,6,11H2. The van der Waals surface area contributed by atoms with Crippen molar-refractivity contribution in [2.75, 3.05) is 11.5 Å². The monoisotopic (exact) mass is 183 g/mol. The van der Waals surface area contributed by atoms with Gasteiger partial charge >= 0.3 is 0 Å². The molecule has 0 aliphatic heterocycles. The smallest absolute Gasteiger partial charge is 0.147 e. The van der Waals surface area contributed by atoms with Gasteiger partial charge in [-0.15, -0.1) is 18.3 Å². The van der Waals surface area contributed by atoms with Crippen molar-refractivity contribution >= 4 is 17.4 Å². The van der Waals surface area contributed by atoms with E-state index in [0.29, 0.717) is 0 Å². The van der Waals surface area contributed by atoms with Gasteiger partial charge in [0.15, 0.2) is 0 Å². The highest BCUT2D eigenvalue weighted by molar-refractivity contribution is 7.99. The quantitative estimate of drug-likeness (QED) is 0.443. The number of nitrogen functional groups attached to an aromatic ring is 1. The number of anilines is 1. The average molecular weight is 183 g/mol. The largest absolute Gasteiger partial charge is 0.395 e. The summed E-state index contributed by atoms with van der Waals surface area (Å²) in [6.07, 6.45) is 1.76. The summed E-state index contributed by atoms with van der Waals surface area (Å²) in [5.74, 6) is 0.386. The zero-order chi connectivity index (χ0) is 8.97. The van der Waals surface area contributed by atoms with E-state index in [1.807, 2.05) is 0 Å². The summed E-state index contributed by atoms with van der Waals surface area (Å²) in [6, 6.07) is 4.80. The summed E-state index contributed by atoms with van der Waals surface area (Å²) in [6.45, 7) is 3.57. The Hall–Kier alpha value is -0.960. The molecule has 12 heavy (non-hydrogen) atoms. The van der Waals surface area contributed by atoms with Crippen LogP contribution < -0.4 is 5.73 Å². The molecule has 64 valence electrons. The lowest BCUT2D eigenvalue weighted by molar-refractivity contribution is 0.629. The van der Waals surface area contributed by atoms with Crippen molar-refractivity contribution in [1.82, 2.24) is 0 Å². The van der Waals surface area contributed by atoms with Crippen LogP contribution in [-0.2, 0) is 0 Å². The fraction of sp³-hybridized carbons (Fsp3) is 0.111. The van der Waals surface area contributed by atoms with Crippen LogP contribution in [0.4, 0.5) is 10.1 Å². The number of para-hydroxylation sites is 1. The van der Waals surface area contributed by atoms with Gasteiger partial charge in [0, 0.05) is 10.6 Å². The summed E-state index contributed by atoms with van der Waals surface area (Å²) < 4.78 is 12.8. The third-order valence-corrected chi connectivity index (χ3v) is 2.44. The Balaban J connectivity index is 2.84. The van der Waals surface area contributed by atoms with Crippen LogP contribution in [0.15, 0.2) is 35.7 Å². The van der Waals surface area contributed by atoms with Gasteiger partial charge in [0.25, 0.3) is 0 Å². The number of nitrogens with two attached hydrogens (primary N) is 1. The molecular weight excluding hydrogens is 173 g/mol.